The van der Waals surface area contributed by atoms with Crippen LogP contribution in [0.5, 0.6) is 0 Å². The van der Waals surface area contributed by atoms with Crippen molar-refractivity contribution in [3.63, 3.8) is 0 Å². The zero-order valence-corrected chi connectivity index (χ0v) is 11.4. The first-order valence-corrected chi connectivity index (χ1v) is 6.03. The molecule has 1 saturated heterocycles. The van der Waals surface area contributed by atoms with E-state index in [0.29, 0.717) is 6.10 Å². The van der Waals surface area contributed by atoms with Gasteiger partial charge in [0.15, 0.2) is 0 Å². The molecule has 0 aromatic heterocycles. The normalized spacial score (nSPS) is 16.2. The van der Waals surface area contributed by atoms with Crippen LogP contribution in [-0.2, 0) is 9.47 Å². The highest BCUT2D eigenvalue weighted by Gasteiger charge is 2.05. The van der Waals surface area contributed by atoms with Crippen LogP contribution in [0.4, 0.5) is 0 Å². The van der Waals surface area contributed by atoms with Crippen LogP contribution < -0.4 is 0 Å². The van der Waals surface area contributed by atoms with Gasteiger partial charge in [0.2, 0.25) is 0 Å². The van der Waals surface area contributed by atoms with Gasteiger partial charge in [-0.3, -0.25) is 4.90 Å². The van der Waals surface area contributed by atoms with Gasteiger partial charge in [0.05, 0.1) is 19.3 Å². The first kappa shape index (κ1) is 17.3. The molecule has 0 amide bonds. The summed E-state index contributed by atoms with van der Waals surface area (Å²) in [4.78, 5) is 2.39. The van der Waals surface area contributed by atoms with Crippen LogP contribution in [0.3, 0.4) is 0 Å². The Hall–Kier alpha value is -0.120. The van der Waals surface area contributed by atoms with Gasteiger partial charge >= 0.3 is 0 Å². The molecule has 1 rings (SSSR count). The Morgan fingerprint density at radius 3 is 1.80 bits per heavy atom. The predicted octanol–water partition coefficient (Wildman–Crippen LogP) is 2.41. The number of morpholine rings is 1. The average Bonchev–Trinajstić information content (AvgIpc) is 2.33. The summed E-state index contributed by atoms with van der Waals surface area (Å²) in [7, 11) is 1.70. The van der Waals surface area contributed by atoms with Crippen molar-refractivity contribution in [2.75, 3.05) is 40.0 Å². The van der Waals surface area contributed by atoms with Crippen molar-refractivity contribution in [1.29, 1.82) is 0 Å². The van der Waals surface area contributed by atoms with Gasteiger partial charge in [-0.2, -0.15) is 0 Å². The maximum Gasteiger partial charge on any atom is 0.0594 e. The maximum absolute atomic E-state index is 5.16. The number of hydrogen-bond donors (Lipinski definition) is 0. The van der Waals surface area contributed by atoms with Crippen molar-refractivity contribution in [2.24, 2.45) is 0 Å². The van der Waals surface area contributed by atoms with Gasteiger partial charge < -0.3 is 9.47 Å². The van der Waals surface area contributed by atoms with Gasteiger partial charge in [0.25, 0.3) is 0 Å². The predicted molar refractivity (Wildman–Crippen MR) is 66.4 cm³/mol. The molecule has 3 heteroatoms. The summed E-state index contributed by atoms with van der Waals surface area (Å²) < 4.78 is 9.91. The molecule has 0 radical (unpaired) electrons. The summed E-state index contributed by atoms with van der Waals surface area (Å²) in [6.07, 6.45) is 0.384. The fourth-order valence-corrected chi connectivity index (χ4v) is 0.917. The third-order valence-electron chi connectivity index (χ3n) is 2.02. The van der Waals surface area contributed by atoms with Crippen molar-refractivity contribution >= 4 is 0 Å². The average molecular weight is 219 g/mol. The van der Waals surface area contributed by atoms with Gasteiger partial charge in [-0.05, 0) is 20.4 Å². The van der Waals surface area contributed by atoms with E-state index >= 15 is 0 Å². The number of likely N-dealkylation sites (N-methyl/N-ethyl adjacent to an activating group) is 1. The molecule has 0 unspecified atom stereocenters. The Bertz CT molecular complexity index is 102. The molecule has 0 atom stereocenters. The largest absolute Gasteiger partial charge is 0.382 e. The molecule has 94 valence electrons. The lowest BCUT2D eigenvalue weighted by Gasteiger charge is -2.24. The second-order valence-electron chi connectivity index (χ2n) is 3.33. The standard InChI is InChI=1S/C6H13NO.C4H10O.C2H6/c1-2-7-3-5-8-6-4-7;1-4(2)5-3;1-2/h2-6H2,1H3;4H,1-3H3;1-2H3. The molecule has 3 nitrogen and oxygen atoms in total. The zero-order chi connectivity index (χ0) is 12.1. The van der Waals surface area contributed by atoms with Crippen LogP contribution >= 0.6 is 0 Å². The van der Waals surface area contributed by atoms with Crippen LogP contribution in [0, 0.1) is 0 Å². The minimum absolute atomic E-state index is 0.384. The first-order valence-electron chi connectivity index (χ1n) is 6.03. The van der Waals surface area contributed by atoms with E-state index in [2.05, 4.69) is 11.8 Å². The monoisotopic (exact) mass is 219 g/mol. The van der Waals surface area contributed by atoms with Crippen molar-refractivity contribution in [1.82, 2.24) is 4.90 Å². The second kappa shape index (κ2) is 13.9. The van der Waals surface area contributed by atoms with E-state index in [4.69, 9.17) is 9.47 Å². The minimum Gasteiger partial charge on any atom is -0.382 e. The molecule has 1 heterocycles. The molecule has 0 N–H and O–H groups in total. The number of nitrogens with zero attached hydrogens (tertiary/aromatic N) is 1. The molecule has 1 aliphatic rings. The summed E-state index contributed by atoms with van der Waals surface area (Å²) in [5.41, 5.74) is 0. The van der Waals surface area contributed by atoms with Gasteiger partial charge in [0, 0.05) is 20.2 Å². The number of methoxy groups -OCH3 is 1. The van der Waals surface area contributed by atoms with E-state index in [1.54, 1.807) is 7.11 Å². The van der Waals surface area contributed by atoms with Crippen molar-refractivity contribution in [2.45, 2.75) is 40.7 Å². The van der Waals surface area contributed by atoms with Crippen LogP contribution in [0.1, 0.15) is 34.6 Å². The minimum atomic E-state index is 0.384. The summed E-state index contributed by atoms with van der Waals surface area (Å²) in [5.74, 6) is 0. The number of hydrogen-bond acceptors (Lipinski definition) is 3. The zero-order valence-electron chi connectivity index (χ0n) is 11.4. The van der Waals surface area contributed by atoms with E-state index in [1.165, 1.54) is 6.54 Å². The molecular formula is C12H29NO2. The van der Waals surface area contributed by atoms with Crippen LogP contribution in [-0.4, -0.2) is 51.0 Å². The topological polar surface area (TPSA) is 21.7 Å². The Kier molecular flexibility index (Phi) is 16.0. The molecule has 1 fully saturated rings. The lowest BCUT2D eigenvalue weighted by atomic mass is 10.4. The summed E-state index contributed by atoms with van der Waals surface area (Å²) in [5, 5.41) is 0. The smallest absolute Gasteiger partial charge is 0.0594 e. The van der Waals surface area contributed by atoms with E-state index in [9.17, 15) is 0 Å². The fraction of sp³-hybridized carbons (Fsp3) is 1.00. The Labute approximate surface area is 95.7 Å². The molecule has 1 aliphatic heterocycles. The van der Waals surface area contributed by atoms with E-state index < -0.39 is 0 Å². The Morgan fingerprint density at radius 1 is 1.20 bits per heavy atom. The highest BCUT2D eigenvalue weighted by molar-refractivity contribution is 4.57. The van der Waals surface area contributed by atoms with Crippen LogP contribution in [0.15, 0.2) is 0 Å². The molecule has 0 spiro atoms. The summed E-state index contributed by atoms with van der Waals surface area (Å²) >= 11 is 0. The Balaban J connectivity index is 0. The van der Waals surface area contributed by atoms with E-state index in [1.807, 2.05) is 27.7 Å². The highest BCUT2D eigenvalue weighted by Crippen LogP contribution is 1.93. The van der Waals surface area contributed by atoms with Gasteiger partial charge in [-0.25, -0.2) is 0 Å². The Morgan fingerprint density at radius 2 is 1.60 bits per heavy atom. The van der Waals surface area contributed by atoms with Crippen molar-refractivity contribution in [3.05, 3.63) is 0 Å². The molecule has 0 saturated carbocycles. The second-order valence-corrected chi connectivity index (χ2v) is 3.33. The third kappa shape index (κ3) is 13.9. The lowest BCUT2D eigenvalue weighted by Crippen LogP contribution is -2.35. The molecule has 0 bridgehead atoms. The summed E-state index contributed by atoms with van der Waals surface area (Å²) in [6, 6.07) is 0. The molecule has 15 heavy (non-hydrogen) atoms. The van der Waals surface area contributed by atoms with E-state index in [-0.39, 0.29) is 0 Å². The van der Waals surface area contributed by atoms with Gasteiger partial charge in [-0.15, -0.1) is 0 Å². The quantitative estimate of drug-likeness (QED) is 0.712. The third-order valence-corrected chi connectivity index (χ3v) is 2.02. The van der Waals surface area contributed by atoms with Crippen LogP contribution in [0.2, 0.25) is 0 Å². The SMILES string of the molecule is CC.CCN1CCOCC1.COC(C)C. The molecular weight excluding hydrogens is 190 g/mol. The van der Waals surface area contributed by atoms with Crippen molar-refractivity contribution in [3.8, 4) is 0 Å². The molecule has 0 aromatic rings. The van der Waals surface area contributed by atoms with Gasteiger partial charge in [-0.1, -0.05) is 20.8 Å². The number of ether oxygens (including phenoxy) is 2. The fourth-order valence-electron chi connectivity index (χ4n) is 0.917. The van der Waals surface area contributed by atoms with Crippen molar-refractivity contribution < 1.29 is 9.47 Å². The first-order chi connectivity index (χ1) is 7.20. The highest BCUT2D eigenvalue weighted by atomic mass is 16.5. The van der Waals surface area contributed by atoms with Gasteiger partial charge in [0.1, 0.15) is 0 Å². The van der Waals surface area contributed by atoms with E-state index in [0.717, 1.165) is 26.3 Å². The maximum atomic E-state index is 5.16. The van der Waals surface area contributed by atoms with Crippen LogP contribution in [0.25, 0.3) is 0 Å². The lowest BCUT2D eigenvalue weighted by molar-refractivity contribution is 0.0405. The summed E-state index contributed by atoms with van der Waals surface area (Å²) in [6.45, 7) is 15.4. The molecule has 0 aromatic carbocycles. The number of rotatable bonds is 2. The molecule has 0 aliphatic carbocycles.